The average Bonchev–Trinajstić information content (AvgIpc) is 2.46. The molecule has 2 rings (SSSR count). The zero-order valence-corrected chi connectivity index (χ0v) is 11.5. The maximum absolute atomic E-state index is 5.19. The van der Waals surface area contributed by atoms with Gasteiger partial charge in [0.1, 0.15) is 5.75 Å². The minimum atomic E-state index is 0.644. The molecular weight excluding hydrogens is 240 g/mol. The van der Waals surface area contributed by atoms with Crippen molar-refractivity contribution < 1.29 is 4.74 Å². The molecule has 19 heavy (non-hydrogen) atoms. The second-order valence-corrected chi connectivity index (χ2v) is 4.27. The van der Waals surface area contributed by atoms with E-state index in [0.717, 1.165) is 35.5 Å². The van der Waals surface area contributed by atoms with Gasteiger partial charge in [-0.3, -0.25) is 4.98 Å². The summed E-state index contributed by atoms with van der Waals surface area (Å²) in [5.41, 5.74) is 2.82. The van der Waals surface area contributed by atoms with Gasteiger partial charge in [0.25, 0.3) is 0 Å². The molecule has 0 unspecified atom stereocenters. The lowest BCUT2D eigenvalue weighted by Crippen LogP contribution is -2.05. The van der Waals surface area contributed by atoms with E-state index in [9.17, 15) is 0 Å². The first kappa shape index (κ1) is 13.3. The smallest absolute Gasteiger partial charge is 0.223 e. The Morgan fingerprint density at radius 2 is 2.11 bits per heavy atom. The third-order valence-corrected chi connectivity index (χ3v) is 2.73. The van der Waals surface area contributed by atoms with Crippen molar-refractivity contribution >= 4 is 5.95 Å². The quantitative estimate of drug-likeness (QED) is 0.893. The van der Waals surface area contributed by atoms with Crippen LogP contribution in [0.25, 0.3) is 11.3 Å². The summed E-state index contributed by atoms with van der Waals surface area (Å²) in [6.45, 7) is 4.95. The highest BCUT2D eigenvalue weighted by atomic mass is 16.5. The molecule has 0 aliphatic rings. The minimum absolute atomic E-state index is 0.644. The van der Waals surface area contributed by atoms with E-state index in [2.05, 4.69) is 27.2 Å². The number of ether oxygens (including phenoxy) is 1. The van der Waals surface area contributed by atoms with Crippen LogP contribution in [0.1, 0.15) is 18.9 Å². The number of pyridine rings is 1. The Morgan fingerprint density at radius 3 is 2.84 bits per heavy atom. The van der Waals surface area contributed by atoms with E-state index in [1.165, 1.54) is 0 Å². The summed E-state index contributed by atoms with van der Waals surface area (Å²) in [6, 6.07) is 1.92. The van der Waals surface area contributed by atoms with E-state index in [0.29, 0.717) is 5.95 Å². The number of methoxy groups -OCH3 is 1. The van der Waals surface area contributed by atoms with E-state index in [1.807, 2.05) is 19.2 Å². The first-order valence-corrected chi connectivity index (χ1v) is 6.31. The fraction of sp³-hybridized carbons (Fsp3) is 0.357. The molecule has 0 aliphatic heterocycles. The second-order valence-electron chi connectivity index (χ2n) is 4.27. The summed E-state index contributed by atoms with van der Waals surface area (Å²) in [5.74, 6) is 1.36. The van der Waals surface area contributed by atoms with Gasteiger partial charge in [-0.15, -0.1) is 0 Å². The fourth-order valence-corrected chi connectivity index (χ4v) is 1.72. The van der Waals surface area contributed by atoms with Crippen LogP contribution in [-0.2, 0) is 0 Å². The highest BCUT2D eigenvalue weighted by Gasteiger charge is 2.08. The van der Waals surface area contributed by atoms with Crippen LogP contribution in [0, 0.1) is 6.92 Å². The number of hydrogen-bond donors (Lipinski definition) is 1. The number of nitrogens with zero attached hydrogens (tertiary/aromatic N) is 3. The first-order chi connectivity index (χ1) is 9.24. The van der Waals surface area contributed by atoms with Crippen molar-refractivity contribution in [2.24, 2.45) is 0 Å². The predicted molar refractivity (Wildman–Crippen MR) is 75.3 cm³/mol. The number of anilines is 1. The Hall–Kier alpha value is -2.17. The highest BCUT2D eigenvalue weighted by molar-refractivity contribution is 5.64. The van der Waals surface area contributed by atoms with Crippen molar-refractivity contribution in [3.63, 3.8) is 0 Å². The largest absolute Gasteiger partial charge is 0.495 e. The maximum Gasteiger partial charge on any atom is 0.223 e. The topological polar surface area (TPSA) is 59.9 Å². The second kappa shape index (κ2) is 6.13. The van der Waals surface area contributed by atoms with Crippen LogP contribution in [0.3, 0.4) is 0 Å². The maximum atomic E-state index is 5.19. The summed E-state index contributed by atoms with van der Waals surface area (Å²) >= 11 is 0. The lowest BCUT2D eigenvalue weighted by Gasteiger charge is -2.09. The van der Waals surface area contributed by atoms with Crippen molar-refractivity contribution in [3.8, 4) is 17.0 Å². The van der Waals surface area contributed by atoms with Crippen LogP contribution in [-0.4, -0.2) is 28.6 Å². The van der Waals surface area contributed by atoms with Crippen LogP contribution in [0.2, 0.25) is 0 Å². The Morgan fingerprint density at radius 1 is 1.26 bits per heavy atom. The summed E-state index contributed by atoms with van der Waals surface area (Å²) < 4.78 is 5.19. The highest BCUT2D eigenvalue weighted by Crippen LogP contribution is 2.24. The normalized spacial score (nSPS) is 10.3. The van der Waals surface area contributed by atoms with Crippen LogP contribution in [0.4, 0.5) is 5.95 Å². The molecule has 2 aromatic heterocycles. The molecule has 2 heterocycles. The average molecular weight is 258 g/mol. The predicted octanol–water partition coefficient (Wildman–Crippen LogP) is 2.68. The van der Waals surface area contributed by atoms with Crippen molar-refractivity contribution in [1.29, 1.82) is 0 Å². The zero-order chi connectivity index (χ0) is 13.7. The zero-order valence-electron chi connectivity index (χ0n) is 11.5. The van der Waals surface area contributed by atoms with Gasteiger partial charge >= 0.3 is 0 Å². The van der Waals surface area contributed by atoms with Gasteiger partial charge in [-0.2, -0.15) is 0 Å². The van der Waals surface area contributed by atoms with Gasteiger partial charge in [-0.1, -0.05) is 6.92 Å². The third kappa shape index (κ3) is 3.19. The monoisotopic (exact) mass is 258 g/mol. The Bertz CT molecular complexity index is 557. The molecule has 1 N–H and O–H groups in total. The lowest BCUT2D eigenvalue weighted by molar-refractivity contribution is 0.413. The number of aromatic nitrogens is 3. The van der Waals surface area contributed by atoms with Gasteiger partial charge in [0, 0.05) is 24.5 Å². The number of hydrogen-bond acceptors (Lipinski definition) is 5. The molecule has 0 atom stereocenters. The van der Waals surface area contributed by atoms with Crippen molar-refractivity contribution in [2.45, 2.75) is 20.3 Å². The van der Waals surface area contributed by atoms with E-state index in [1.54, 1.807) is 19.5 Å². The Kier molecular flexibility index (Phi) is 4.28. The van der Waals surface area contributed by atoms with Gasteiger partial charge in [0.05, 0.1) is 19.0 Å². The molecule has 2 aromatic rings. The minimum Gasteiger partial charge on any atom is -0.495 e. The van der Waals surface area contributed by atoms with Gasteiger partial charge < -0.3 is 10.1 Å². The Labute approximate surface area is 113 Å². The summed E-state index contributed by atoms with van der Waals surface area (Å²) in [7, 11) is 1.63. The molecule has 0 spiro atoms. The standard InChI is InChI=1S/C14H18N4O/c1-4-5-16-14-17-7-10(2)13(18-14)11-6-12(19-3)9-15-8-11/h6-9H,4-5H2,1-3H3,(H,16,17,18). The van der Waals surface area contributed by atoms with Crippen molar-refractivity contribution in [2.75, 3.05) is 19.0 Å². The Balaban J connectivity index is 2.36. The van der Waals surface area contributed by atoms with Crippen LogP contribution >= 0.6 is 0 Å². The van der Waals surface area contributed by atoms with Crippen molar-refractivity contribution in [3.05, 3.63) is 30.2 Å². The molecule has 0 fully saturated rings. The molecule has 0 radical (unpaired) electrons. The van der Waals surface area contributed by atoms with E-state index < -0.39 is 0 Å². The van der Waals surface area contributed by atoms with Crippen LogP contribution in [0.15, 0.2) is 24.7 Å². The molecule has 0 bridgehead atoms. The van der Waals surface area contributed by atoms with E-state index in [4.69, 9.17) is 4.74 Å². The molecule has 0 saturated heterocycles. The molecule has 100 valence electrons. The number of rotatable bonds is 5. The van der Waals surface area contributed by atoms with E-state index in [-0.39, 0.29) is 0 Å². The van der Waals surface area contributed by atoms with Crippen LogP contribution in [0.5, 0.6) is 5.75 Å². The van der Waals surface area contributed by atoms with Gasteiger partial charge in [-0.05, 0) is 25.0 Å². The summed E-state index contributed by atoms with van der Waals surface area (Å²) in [6.07, 6.45) is 6.31. The molecule has 0 aromatic carbocycles. The lowest BCUT2D eigenvalue weighted by atomic mass is 10.1. The first-order valence-electron chi connectivity index (χ1n) is 6.31. The molecule has 0 aliphatic carbocycles. The van der Waals surface area contributed by atoms with Crippen LogP contribution < -0.4 is 10.1 Å². The fourth-order valence-electron chi connectivity index (χ4n) is 1.72. The van der Waals surface area contributed by atoms with Gasteiger partial charge in [0.2, 0.25) is 5.95 Å². The van der Waals surface area contributed by atoms with E-state index >= 15 is 0 Å². The van der Waals surface area contributed by atoms with Gasteiger partial charge in [-0.25, -0.2) is 9.97 Å². The molecular formula is C14H18N4O. The summed E-state index contributed by atoms with van der Waals surface area (Å²) in [4.78, 5) is 13.0. The molecule has 0 saturated carbocycles. The number of nitrogens with one attached hydrogen (secondary N) is 1. The molecule has 0 amide bonds. The molecule has 5 nitrogen and oxygen atoms in total. The third-order valence-electron chi connectivity index (χ3n) is 2.73. The van der Waals surface area contributed by atoms with Gasteiger partial charge in [0.15, 0.2) is 0 Å². The molecule has 5 heteroatoms. The summed E-state index contributed by atoms with van der Waals surface area (Å²) in [5, 5.41) is 3.19. The SMILES string of the molecule is CCCNc1ncc(C)c(-c2cncc(OC)c2)n1. The van der Waals surface area contributed by atoms with Crippen molar-refractivity contribution in [1.82, 2.24) is 15.0 Å². The number of aryl methyl sites for hydroxylation is 1.